The van der Waals surface area contributed by atoms with Crippen molar-refractivity contribution >= 4 is 11.6 Å². The fourth-order valence-electron chi connectivity index (χ4n) is 2.01. The number of benzene rings is 2. The van der Waals surface area contributed by atoms with Crippen LogP contribution in [0.5, 0.6) is 5.75 Å². The third kappa shape index (κ3) is 3.47. The first-order valence-electron chi connectivity index (χ1n) is 6.18. The first-order chi connectivity index (χ1) is 9.86. The average Bonchev–Trinajstić information content (AvgIpc) is 2.38. The van der Waals surface area contributed by atoms with Gasteiger partial charge in [-0.25, -0.2) is 8.78 Å². The number of halogens is 2. The summed E-state index contributed by atoms with van der Waals surface area (Å²) in [4.78, 5) is 11.6. The lowest BCUT2D eigenvalue weighted by molar-refractivity contribution is -0.118. The largest absolute Gasteiger partial charge is 0.505 e. The molecule has 6 heteroatoms. The minimum Gasteiger partial charge on any atom is -0.505 e. The number of nitrogens with two attached hydrogens (primary N) is 1. The molecular weight excluding hydrogens is 278 g/mol. The van der Waals surface area contributed by atoms with E-state index in [2.05, 4.69) is 5.32 Å². The van der Waals surface area contributed by atoms with Crippen molar-refractivity contribution in [2.24, 2.45) is 5.73 Å². The molecule has 0 aliphatic carbocycles. The van der Waals surface area contributed by atoms with Gasteiger partial charge in [-0.1, -0.05) is 6.07 Å². The van der Waals surface area contributed by atoms with E-state index in [0.29, 0.717) is 11.3 Å². The zero-order valence-electron chi connectivity index (χ0n) is 11.2. The number of amides is 1. The van der Waals surface area contributed by atoms with Crippen molar-refractivity contribution in [1.82, 2.24) is 0 Å². The lowest BCUT2D eigenvalue weighted by atomic mass is 10.0. The quantitative estimate of drug-likeness (QED) is 0.811. The second-order valence-corrected chi connectivity index (χ2v) is 4.71. The molecular formula is C15H14F2N2O2. The summed E-state index contributed by atoms with van der Waals surface area (Å²) in [7, 11) is 0. The first-order valence-corrected chi connectivity index (χ1v) is 6.18. The van der Waals surface area contributed by atoms with Gasteiger partial charge in [0.1, 0.15) is 11.9 Å². The zero-order chi connectivity index (χ0) is 15.6. The summed E-state index contributed by atoms with van der Waals surface area (Å²) < 4.78 is 26.7. The lowest BCUT2D eigenvalue weighted by Crippen LogP contribution is -2.27. The summed E-state index contributed by atoms with van der Waals surface area (Å²) in [5, 5.41) is 11.9. The Morgan fingerprint density at radius 3 is 2.52 bits per heavy atom. The van der Waals surface area contributed by atoms with Crippen molar-refractivity contribution in [3.8, 4) is 5.75 Å². The van der Waals surface area contributed by atoms with Gasteiger partial charge in [0.15, 0.2) is 11.6 Å². The molecule has 0 bridgehead atoms. The molecule has 21 heavy (non-hydrogen) atoms. The van der Waals surface area contributed by atoms with E-state index in [1.807, 2.05) is 0 Å². The van der Waals surface area contributed by atoms with Crippen LogP contribution >= 0.6 is 0 Å². The minimum absolute atomic E-state index is 0.236. The number of hydrogen-bond donors (Lipinski definition) is 3. The van der Waals surface area contributed by atoms with Gasteiger partial charge in [0.2, 0.25) is 5.91 Å². The number of phenolic OH excluding ortho intramolecular Hbond substituents is 1. The van der Waals surface area contributed by atoms with Gasteiger partial charge in [-0.3, -0.25) is 4.79 Å². The van der Waals surface area contributed by atoms with Crippen LogP contribution in [0.25, 0.3) is 0 Å². The van der Waals surface area contributed by atoms with Gasteiger partial charge >= 0.3 is 0 Å². The molecule has 1 amide bonds. The molecule has 0 aliphatic heterocycles. The summed E-state index contributed by atoms with van der Waals surface area (Å²) >= 11 is 0. The number of primary amides is 1. The molecule has 0 aromatic heterocycles. The normalized spacial score (nSPS) is 12.0. The summed E-state index contributed by atoms with van der Waals surface area (Å²) in [5.74, 6) is -2.60. The first kappa shape index (κ1) is 14.8. The van der Waals surface area contributed by atoms with Crippen molar-refractivity contribution < 1.29 is 18.7 Å². The molecule has 110 valence electrons. The molecule has 1 atom stereocenters. The van der Waals surface area contributed by atoms with Gasteiger partial charge in [0.05, 0.1) is 0 Å². The van der Waals surface area contributed by atoms with E-state index in [1.54, 1.807) is 13.0 Å². The molecule has 0 saturated heterocycles. The predicted octanol–water partition coefficient (Wildman–Crippen LogP) is 2.62. The number of aryl methyl sites for hydroxylation is 1. The Bertz CT molecular complexity index is 669. The highest BCUT2D eigenvalue weighted by Gasteiger charge is 2.19. The fourth-order valence-corrected chi connectivity index (χ4v) is 2.01. The van der Waals surface area contributed by atoms with E-state index in [0.717, 1.165) is 12.1 Å². The number of nitrogens with one attached hydrogen (secondary N) is 1. The number of hydrogen-bond acceptors (Lipinski definition) is 3. The highest BCUT2D eigenvalue weighted by molar-refractivity contribution is 5.84. The number of aromatic hydroxyl groups is 1. The Balaban J connectivity index is 2.35. The maximum Gasteiger partial charge on any atom is 0.244 e. The van der Waals surface area contributed by atoms with Gasteiger partial charge in [-0.15, -0.1) is 0 Å². The molecule has 4 nitrogen and oxygen atoms in total. The molecule has 2 rings (SSSR count). The molecule has 2 aromatic carbocycles. The summed E-state index contributed by atoms with van der Waals surface area (Å²) in [6.07, 6.45) is 0. The van der Waals surface area contributed by atoms with Crippen LogP contribution in [0.15, 0.2) is 36.4 Å². The number of carbonyl (C=O) groups excluding carboxylic acids is 1. The highest BCUT2D eigenvalue weighted by atomic mass is 19.1. The fraction of sp³-hybridized carbons (Fsp3) is 0.133. The molecule has 1 unspecified atom stereocenters. The maximum atomic E-state index is 13.4. The van der Waals surface area contributed by atoms with E-state index >= 15 is 0 Å². The van der Waals surface area contributed by atoms with Crippen molar-refractivity contribution in [2.75, 3.05) is 5.32 Å². The van der Waals surface area contributed by atoms with Crippen LogP contribution < -0.4 is 11.1 Å². The Morgan fingerprint density at radius 2 is 1.95 bits per heavy atom. The number of carbonyl (C=O) groups is 1. The smallest absolute Gasteiger partial charge is 0.244 e. The second kappa shape index (κ2) is 5.78. The van der Waals surface area contributed by atoms with Crippen molar-refractivity contribution in [1.29, 1.82) is 0 Å². The second-order valence-electron chi connectivity index (χ2n) is 4.71. The Hall–Kier alpha value is -2.63. The van der Waals surface area contributed by atoms with Crippen LogP contribution in [-0.2, 0) is 4.79 Å². The van der Waals surface area contributed by atoms with Crippen molar-refractivity contribution in [3.63, 3.8) is 0 Å². The van der Waals surface area contributed by atoms with E-state index in [1.165, 1.54) is 18.2 Å². The third-order valence-electron chi connectivity index (χ3n) is 2.94. The standard InChI is InChI=1S/C15H14F2N2O2/c1-8-4-10(16)7-11(5-8)19-14(15(18)21)9-2-3-13(20)12(17)6-9/h2-7,14,19-20H,1H3,(H2,18,21). The van der Waals surface area contributed by atoms with E-state index in [-0.39, 0.29) is 5.56 Å². The lowest BCUT2D eigenvalue weighted by Gasteiger charge is -2.18. The molecule has 0 radical (unpaired) electrons. The van der Waals surface area contributed by atoms with Crippen LogP contribution in [0.4, 0.5) is 14.5 Å². The van der Waals surface area contributed by atoms with Crippen LogP contribution in [-0.4, -0.2) is 11.0 Å². The van der Waals surface area contributed by atoms with Crippen LogP contribution in [0, 0.1) is 18.6 Å². The Kier molecular flexibility index (Phi) is 4.07. The average molecular weight is 292 g/mol. The zero-order valence-corrected chi connectivity index (χ0v) is 11.2. The SMILES string of the molecule is Cc1cc(F)cc(NC(C(N)=O)c2ccc(O)c(F)c2)c1. The number of rotatable bonds is 4. The summed E-state index contributed by atoms with van der Waals surface area (Å²) in [5.41, 5.74) is 6.55. The number of anilines is 1. The van der Waals surface area contributed by atoms with Crippen molar-refractivity contribution in [3.05, 3.63) is 59.2 Å². The summed E-state index contributed by atoms with van der Waals surface area (Å²) in [6.45, 7) is 1.70. The van der Waals surface area contributed by atoms with Gasteiger partial charge in [-0.2, -0.15) is 0 Å². The molecule has 0 fully saturated rings. The molecule has 4 N–H and O–H groups in total. The topological polar surface area (TPSA) is 75.3 Å². The van der Waals surface area contributed by atoms with Crippen LogP contribution in [0.1, 0.15) is 17.2 Å². The summed E-state index contributed by atoms with van der Waals surface area (Å²) in [6, 6.07) is 6.64. The van der Waals surface area contributed by atoms with Crippen molar-refractivity contribution in [2.45, 2.75) is 13.0 Å². The minimum atomic E-state index is -1.04. The van der Waals surface area contributed by atoms with Crippen LogP contribution in [0.2, 0.25) is 0 Å². The molecule has 0 spiro atoms. The Labute approximate surface area is 120 Å². The highest BCUT2D eigenvalue weighted by Crippen LogP contribution is 2.25. The predicted molar refractivity (Wildman–Crippen MR) is 74.8 cm³/mol. The Morgan fingerprint density at radius 1 is 1.24 bits per heavy atom. The molecule has 2 aromatic rings. The van der Waals surface area contributed by atoms with Gasteiger partial charge in [0.25, 0.3) is 0 Å². The van der Waals surface area contributed by atoms with E-state index in [9.17, 15) is 13.6 Å². The van der Waals surface area contributed by atoms with E-state index in [4.69, 9.17) is 10.8 Å². The third-order valence-corrected chi connectivity index (χ3v) is 2.94. The number of phenols is 1. The van der Waals surface area contributed by atoms with Crippen LogP contribution in [0.3, 0.4) is 0 Å². The van der Waals surface area contributed by atoms with Gasteiger partial charge in [-0.05, 0) is 48.4 Å². The van der Waals surface area contributed by atoms with Gasteiger partial charge < -0.3 is 16.2 Å². The molecule has 0 saturated carbocycles. The molecule has 0 aliphatic rings. The van der Waals surface area contributed by atoms with E-state index < -0.39 is 29.3 Å². The monoisotopic (exact) mass is 292 g/mol. The maximum absolute atomic E-state index is 13.4. The van der Waals surface area contributed by atoms with Gasteiger partial charge in [0, 0.05) is 5.69 Å². The molecule has 0 heterocycles.